The molecule has 0 aliphatic heterocycles. The Morgan fingerprint density at radius 1 is 1.50 bits per heavy atom. The monoisotopic (exact) mass is 278 g/mol. The van der Waals surface area contributed by atoms with E-state index >= 15 is 0 Å². The predicted octanol–water partition coefficient (Wildman–Crippen LogP) is 1.34. The van der Waals surface area contributed by atoms with E-state index in [-0.39, 0.29) is 5.91 Å². The average molecular weight is 278 g/mol. The van der Waals surface area contributed by atoms with Crippen molar-refractivity contribution in [3.63, 3.8) is 0 Å². The third-order valence-corrected chi connectivity index (χ3v) is 4.14. The molecule has 5 nitrogen and oxygen atoms in total. The van der Waals surface area contributed by atoms with Crippen LogP contribution in [0, 0.1) is 0 Å². The van der Waals surface area contributed by atoms with Crippen LogP contribution in [0.15, 0.2) is 12.4 Å². The summed E-state index contributed by atoms with van der Waals surface area (Å²) < 4.78 is 1.77. The number of aromatic nitrogens is 2. The first-order valence-electron chi connectivity index (χ1n) is 7.48. The summed E-state index contributed by atoms with van der Waals surface area (Å²) >= 11 is 0. The maximum Gasteiger partial charge on any atom is 0.220 e. The first-order chi connectivity index (χ1) is 9.54. The highest BCUT2D eigenvalue weighted by molar-refractivity contribution is 5.76. The Kier molecular flexibility index (Phi) is 5.17. The SMILES string of the molecule is CN(C)[C@H]1CCC[C@H](NC(=O)CCc2cnn(C)c2)C1. The van der Waals surface area contributed by atoms with Crippen LogP contribution in [0.1, 0.15) is 37.7 Å². The molecule has 112 valence electrons. The molecule has 1 fully saturated rings. The molecule has 1 aromatic heterocycles. The van der Waals surface area contributed by atoms with E-state index in [9.17, 15) is 4.79 Å². The molecule has 2 rings (SSSR count). The molecule has 0 radical (unpaired) electrons. The fraction of sp³-hybridized carbons (Fsp3) is 0.733. The minimum Gasteiger partial charge on any atom is -0.353 e. The van der Waals surface area contributed by atoms with Crippen LogP contribution in [0.4, 0.5) is 0 Å². The molecule has 1 aliphatic rings. The number of amides is 1. The van der Waals surface area contributed by atoms with Gasteiger partial charge in [-0.1, -0.05) is 0 Å². The maximum atomic E-state index is 12.0. The summed E-state index contributed by atoms with van der Waals surface area (Å²) in [4.78, 5) is 14.3. The van der Waals surface area contributed by atoms with Gasteiger partial charge < -0.3 is 10.2 Å². The van der Waals surface area contributed by atoms with Gasteiger partial charge in [-0.15, -0.1) is 0 Å². The van der Waals surface area contributed by atoms with Gasteiger partial charge in [0.25, 0.3) is 0 Å². The molecule has 1 heterocycles. The lowest BCUT2D eigenvalue weighted by atomic mass is 9.90. The second-order valence-electron chi connectivity index (χ2n) is 6.07. The average Bonchev–Trinajstić information content (AvgIpc) is 2.82. The van der Waals surface area contributed by atoms with Crippen molar-refractivity contribution in [3.05, 3.63) is 18.0 Å². The van der Waals surface area contributed by atoms with Crippen molar-refractivity contribution in [2.24, 2.45) is 7.05 Å². The molecule has 1 saturated carbocycles. The molecular formula is C15H26N4O. The second kappa shape index (κ2) is 6.88. The van der Waals surface area contributed by atoms with E-state index in [1.54, 1.807) is 4.68 Å². The summed E-state index contributed by atoms with van der Waals surface area (Å²) in [7, 11) is 6.14. The van der Waals surface area contributed by atoms with Gasteiger partial charge in [-0.3, -0.25) is 9.48 Å². The molecule has 0 saturated heterocycles. The van der Waals surface area contributed by atoms with Gasteiger partial charge in [-0.25, -0.2) is 0 Å². The van der Waals surface area contributed by atoms with Gasteiger partial charge in [0.1, 0.15) is 0 Å². The molecule has 0 bridgehead atoms. The Bertz CT molecular complexity index is 441. The summed E-state index contributed by atoms with van der Waals surface area (Å²) in [5.74, 6) is 0.165. The van der Waals surface area contributed by atoms with E-state index in [2.05, 4.69) is 29.4 Å². The summed E-state index contributed by atoms with van der Waals surface area (Å²) in [5.41, 5.74) is 1.12. The fourth-order valence-corrected chi connectivity index (χ4v) is 2.92. The van der Waals surface area contributed by atoms with E-state index in [1.807, 2.05) is 19.4 Å². The highest BCUT2D eigenvalue weighted by Gasteiger charge is 2.24. The zero-order chi connectivity index (χ0) is 14.5. The largest absolute Gasteiger partial charge is 0.353 e. The summed E-state index contributed by atoms with van der Waals surface area (Å²) in [5, 5.41) is 7.31. The van der Waals surface area contributed by atoms with E-state index in [4.69, 9.17) is 0 Å². The van der Waals surface area contributed by atoms with Crippen molar-refractivity contribution in [1.82, 2.24) is 20.0 Å². The Morgan fingerprint density at radius 2 is 2.30 bits per heavy atom. The van der Waals surface area contributed by atoms with E-state index in [0.29, 0.717) is 18.5 Å². The molecule has 0 unspecified atom stereocenters. The molecule has 1 aromatic rings. The van der Waals surface area contributed by atoms with Crippen molar-refractivity contribution in [2.45, 2.75) is 50.6 Å². The van der Waals surface area contributed by atoms with Gasteiger partial charge >= 0.3 is 0 Å². The van der Waals surface area contributed by atoms with Crippen LogP contribution >= 0.6 is 0 Å². The van der Waals surface area contributed by atoms with E-state index in [0.717, 1.165) is 24.8 Å². The van der Waals surface area contributed by atoms with Gasteiger partial charge in [-0.2, -0.15) is 5.10 Å². The predicted molar refractivity (Wildman–Crippen MR) is 79.4 cm³/mol. The molecule has 2 atom stereocenters. The lowest BCUT2D eigenvalue weighted by Gasteiger charge is -2.33. The first-order valence-corrected chi connectivity index (χ1v) is 7.48. The van der Waals surface area contributed by atoms with Crippen molar-refractivity contribution < 1.29 is 4.79 Å². The lowest BCUT2D eigenvalue weighted by molar-refractivity contribution is -0.122. The smallest absolute Gasteiger partial charge is 0.220 e. The van der Waals surface area contributed by atoms with Gasteiger partial charge in [0.2, 0.25) is 5.91 Å². The number of carbonyl (C=O) groups is 1. The minimum absolute atomic E-state index is 0.165. The van der Waals surface area contributed by atoms with Gasteiger partial charge in [0.05, 0.1) is 6.20 Å². The number of carbonyl (C=O) groups excluding carboxylic acids is 1. The molecule has 0 aromatic carbocycles. The molecule has 1 amide bonds. The molecule has 1 N–H and O–H groups in total. The number of nitrogens with zero attached hydrogens (tertiary/aromatic N) is 3. The molecule has 1 aliphatic carbocycles. The molecule has 5 heteroatoms. The number of hydrogen-bond donors (Lipinski definition) is 1. The van der Waals surface area contributed by atoms with E-state index < -0.39 is 0 Å². The topological polar surface area (TPSA) is 50.2 Å². The van der Waals surface area contributed by atoms with Crippen molar-refractivity contribution in [3.8, 4) is 0 Å². The lowest BCUT2D eigenvalue weighted by Crippen LogP contribution is -2.43. The van der Waals surface area contributed by atoms with Crippen LogP contribution in [-0.2, 0) is 18.3 Å². The fourth-order valence-electron chi connectivity index (χ4n) is 2.92. The van der Waals surface area contributed by atoms with Gasteiger partial charge in [0, 0.05) is 31.7 Å². The van der Waals surface area contributed by atoms with Gasteiger partial charge in [-0.05, 0) is 51.8 Å². The normalized spacial score (nSPS) is 23.0. The number of nitrogens with one attached hydrogen (secondary N) is 1. The van der Waals surface area contributed by atoms with Crippen LogP contribution in [0.2, 0.25) is 0 Å². The molecule has 20 heavy (non-hydrogen) atoms. The van der Waals surface area contributed by atoms with Crippen LogP contribution in [-0.4, -0.2) is 46.8 Å². The third-order valence-electron chi connectivity index (χ3n) is 4.14. The van der Waals surface area contributed by atoms with Crippen LogP contribution in [0.3, 0.4) is 0 Å². The summed E-state index contributed by atoms with van der Waals surface area (Å²) in [6.07, 6.45) is 9.75. The highest BCUT2D eigenvalue weighted by atomic mass is 16.1. The maximum absolute atomic E-state index is 12.0. The Labute approximate surface area is 121 Å². The number of rotatable bonds is 5. The van der Waals surface area contributed by atoms with Crippen molar-refractivity contribution >= 4 is 5.91 Å². The van der Waals surface area contributed by atoms with Crippen LogP contribution < -0.4 is 5.32 Å². The number of aryl methyl sites for hydroxylation is 2. The summed E-state index contributed by atoms with van der Waals surface area (Å²) in [6, 6.07) is 0.949. The van der Waals surface area contributed by atoms with Crippen molar-refractivity contribution in [1.29, 1.82) is 0 Å². The molecular weight excluding hydrogens is 252 g/mol. The zero-order valence-electron chi connectivity index (χ0n) is 12.8. The molecule has 0 spiro atoms. The quantitative estimate of drug-likeness (QED) is 0.884. The Hall–Kier alpha value is -1.36. The Morgan fingerprint density at radius 3 is 2.95 bits per heavy atom. The first kappa shape index (κ1) is 15.0. The highest BCUT2D eigenvalue weighted by Crippen LogP contribution is 2.21. The second-order valence-corrected chi connectivity index (χ2v) is 6.07. The Balaban J connectivity index is 1.73. The van der Waals surface area contributed by atoms with Gasteiger partial charge in [0.15, 0.2) is 0 Å². The van der Waals surface area contributed by atoms with Crippen LogP contribution in [0.25, 0.3) is 0 Å². The van der Waals surface area contributed by atoms with Crippen molar-refractivity contribution in [2.75, 3.05) is 14.1 Å². The van der Waals surface area contributed by atoms with E-state index in [1.165, 1.54) is 12.8 Å². The zero-order valence-corrected chi connectivity index (χ0v) is 12.8. The number of hydrogen-bond acceptors (Lipinski definition) is 3. The third kappa shape index (κ3) is 4.34. The summed E-state index contributed by atoms with van der Waals surface area (Å²) in [6.45, 7) is 0. The standard InChI is InChI=1S/C15H26N4O/c1-18(2)14-6-4-5-13(9-14)17-15(20)8-7-12-10-16-19(3)11-12/h10-11,13-14H,4-9H2,1-3H3,(H,17,20)/t13-,14-/m0/s1. The van der Waals surface area contributed by atoms with Crippen LogP contribution in [0.5, 0.6) is 0 Å². The minimum atomic E-state index is 0.165.